The maximum absolute atomic E-state index is 10.9. The maximum atomic E-state index is 10.9. The summed E-state index contributed by atoms with van der Waals surface area (Å²) >= 11 is 0. The predicted octanol–water partition coefficient (Wildman–Crippen LogP) is 1.27. The summed E-state index contributed by atoms with van der Waals surface area (Å²) in [5.41, 5.74) is 0.610. The van der Waals surface area contributed by atoms with Crippen molar-refractivity contribution in [2.45, 2.75) is 6.92 Å². The van der Waals surface area contributed by atoms with Gasteiger partial charge in [-0.2, -0.15) is 5.10 Å². The summed E-state index contributed by atoms with van der Waals surface area (Å²) in [4.78, 5) is 15.0. The average molecular weight is 203 g/mol. The Morgan fingerprint density at radius 1 is 1.27 bits per heavy atom. The van der Waals surface area contributed by atoms with Crippen molar-refractivity contribution in [2.75, 3.05) is 0 Å². The average Bonchev–Trinajstić information content (AvgIpc) is 2.22. The molecule has 2 aromatic rings. The largest absolute Gasteiger partial charge is 0.454 e. The van der Waals surface area contributed by atoms with Crippen molar-refractivity contribution in [3.05, 3.63) is 46.6 Å². The SMILES string of the molecule is Cc1ccc(Oc2cn[nH]c(=O)c2)cn1. The highest BCUT2D eigenvalue weighted by molar-refractivity contribution is 5.26. The van der Waals surface area contributed by atoms with Crippen LogP contribution in [-0.4, -0.2) is 15.2 Å². The number of rotatable bonds is 2. The van der Waals surface area contributed by atoms with E-state index in [1.165, 1.54) is 12.3 Å². The molecule has 76 valence electrons. The molecule has 0 aliphatic rings. The summed E-state index contributed by atoms with van der Waals surface area (Å²) < 4.78 is 5.37. The summed E-state index contributed by atoms with van der Waals surface area (Å²) in [6, 6.07) is 4.94. The predicted molar refractivity (Wildman–Crippen MR) is 53.9 cm³/mol. The van der Waals surface area contributed by atoms with Gasteiger partial charge in [0.05, 0.1) is 12.4 Å². The molecular formula is C10H9N3O2. The third-order valence-electron chi connectivity index (χ3n) is 1.76. The van der Waals surface area contributed by atoms with Crippen molar-refractivity contribution in [3.8, 4) is 11.5 Å². The van der Waals surface area contributed by atoms with Gasteiger partial charge in [-0.3, -0.25) is 9.78 Å². The van der Waals surface area contributed by atoms with Crippen LogP contribution in [0.4, 0.5) is 0 Å². The van der Waals surface area contributed by atoms with Crippen LogP contribution in [0, 0.1) is 6.92 Å². The highest BCUT2D eigenvalue weighted by atomic mass is 16.5. The molecule has 0 fully saturated rings. The zero-order valence-electron chi connectivity index (χ0n) is 8.10. The molecular weight excluding hydrogens is 194 g/mol. The summed E-state index contributed by atoms with van der Waals surface area (Å²) in [7, 11) is 0. The molecule has 15 heavy (non-hydrogen) atoms. The molecule has 0 aliphatic heterocycles. The second-order valence-corrected chi connectivity index (χ2v) is 3.02. The Morgan fingerprint density at radius 3 is 2.80 bits per heavy atom. The Hall–Kier alpha value is -2.17. The fourth-order valence-electron chi connectivity index (χ4n) is 1.06. The lowest BCUT2D eigenvalue weighted by Gasteiger charge is -2.03. The van der Waals surface area contributed by atoms with Crippen molar-refractivity contribution in [2.24, 2.45) is 0 Å². The van der Waals surface area contributed by atoms with Crippen molar-refractivity contribution >= 4 is 0 Å². The van der Waals surface area contributed by atoms with E-state index in [4.69, 9.17) is 4.74 Å². The third kappa shape index (κ3) is 2.40. The van der Waals surface area contributed by atoms with Gasteiger partial charge in [-0.15, -0.1) is 0 Å². The minimum absolute atomic E-state index is 0.299. The minimum atomic E-state index is -0.299. The number of hydrogen-bond acceptors (Lipinski definition) is 4. The number of ether oxygens (including phenoxy) is 1. The molecule has 0 amide bonds. The number of H-pyrrole nitrogens is 1. The molecule has 2 rings (SSSR count). The van der Waals surface area contributed by atoms with Crippen LogP contribution < -0.4 is 10.3 Å². The van der Waals surface area contributed by atoms with Gasteiger partial charge in [0.2, 0.25) is 0 Å². The Kier molecular flexibility index (Phi) is 2.45. The molecule has 0 radical (unpaired) electrons. The fraction of sp³-hybridized carbons (Fsp3) is 0.100. The molecule has 0 aliphatic carbocycles. The summed E-state index contributed by atoms with van der Waals surface area (Å²) in [6.45, 7) is 1.89. The second-order valence-electron chi connectivity index (χ2n) is 3.02. The van der Waals surface area contributed by atoms with Crippen LogP contribution in [0.3, 0.4) is 0 Å². The first-order valence-corrected chi connectivity index (χ1v) is 4.39. The van der Waals surface area contributed by atoms with E-state index in [2.05, 4.69) is 15.2 Å². The van der Waals surface area contributed by atoms with Crippen molar-refractivity contribution in [1.82, 2.24) is 15.2 Å². The van der Waals surface area contributed by atoms with Gasteiger partial charge in [-0.1, -0.05) is 0 Å². The van der Waals surface area contributed by atoms with Gasteiger partial charge in [0.15, 0.2) is 5.75 Å². The van der Waals surface area contributed by atoms with Gasteiger partial charge >= 0.3 is 0 Å². The van der Waals surface area contributed by atoms with Crippen LogP contribution in [0.2, 0.25) is 0 Å². The van der Waals surface area contributed by atoms with Crippen LogP contribution >= 0.6 is 0 Å². The summed E-state index contributed by atoms with van der Waals surface area (Å²) in [5.74, 6) is 0.970. The fourth-order valence-corrected chi connectivity index (χ4v) is 1.06. The van der Waals surface area contributed by atoms with E-state index in [0.717, 1.165) is 5.69 Å². The zero-order chi connectivity index (χ0) is 10.7. The molecule has 0 unspecified atom stereocenters. The van der Waals surface area contributed by atoms with Crippen LogP contribution in [-0.2, 0) is 0 Å². The number of aryl methyl sites for hydroxylation is 1. The molecule has 0 saturated carbocycles. The first-order valence-electron chi connectivity index (χ1n) is 4.39. The van der Waals surface area contributed by atoms with Gasteiger partial charge in [0, 0.05) is 11.8 Å². The Balaban J connectivity index is 2.22. The number of hydrogen-bond donors (Lipinski definition) is 1. The van der Waals surface area contributed by atoms with Gasteiger partial charge < -0.3 is 4.74 Å². The van der Waals surface area contributed by atoms with Crippen LogP contribution in [0.5, 0.6) is 11.5 Å². The van der Waals surface area contributed by atoms with E-state index in [-0.39, 0.29) is 5.56 Å². The number of aromatic amines is 1. The van der Waals surface area contributed by atoms with Gasteiger partial charge in [0.25, 0.3) is 5.56 Å². The molecule has 2 heterocycles. The highest BCUT2D eigenvalue weighted by Crippen LogP contribution is 2.17. The normalized spacial score (nSPS) is 9.93. The number of pyridine rings is 1. The maximum Gasteiger partial charge on any atom is 0.267 e. The Bertz CT molecular complexity index is 505. The minimum Gasteiger partial charge on any atom is -0.454 e. The number of aromatic nitrogens is 3. The van der Waals surface area contributed by atoms with E-state index < -0.39 is 0 Å². The van der Waals surface area contributed by atoms with Crippen LogP contribution in [0.1, 0.15) is 5.69 Å². The molecule has 0 atom stereocenters. The smallest absolute Gasteiger partial charge is 0.267 e. The molecule has 5 nitrogen and oxygen atoms in total. The van der Waals surface area contributed by atoms with Crippen molar-refractivity contribution in [1.29, 1.82) is 0 Å². The topological polar surface area (TPSA) is 67.9 Å². The second kappa shape index (κ2) is 3.91. The molecule has 2 aromatic heterocycles. The summed E-state index contributed by atoms with van der Waals surface area (Å²) in [5, 5.41) is 5.88. The van der Waals surface area contributed by atoms with E-state index in [1.54, 1.807) is 12.3 Å². The van der Waals surface area contributed by atoms with Crippen LogP contribution in [0.15, 0.2) is 35.4 Å². The first-order chi connectivity index (χ1) is 7.24. The van der Waals surface area contributed by atoms with Gasteiger partial charge in [-0.25, -0.2) is 5.10 Å². The van der Waals surface area contributed by atoms with E-state index in [9.17, 15) is 4.79 Å². The molecule has 1 N–H and O–H groups in total. The van der Waals surface area contributed by atoms with E-state index >= 15 is 0 Å². The molecule has 0 spiro atoms. The lowest BCUT2D eigenvalue weighted by molar-refractivity contribution is 0.475. The van der Waals surface area contributed by atoms with Gasteiger partial charge in [0.1, 0.15) is 5.75 Å². The van der Waals surface area contributed by atoms with E-state index in [0.29, 0.717) is 11.5 Å². The van der Waals surface area contributed by atoms with Gasteiger partial charge in [-0.05, 0) is 19.1 Å². The number of nitrogens with one attached hydrogen (secondary N) is 1. The first kappa shape index (κ1) is 9.39. The van der Waals surface area contributed by atoms with E-state index in [1.807, 2.05) is 13.0 Å². The molecule has 0 bridgehead atoms. The van der Waals surface area contributed by atoms with Crippen molar-refractivity contribution in [3.63, 3.8) is 0 Å². The standard InChI is InChI=1S/C10H9N3O2/c1-7-2-3-8(5-11-7)15-9-4-10(14)13-12-6-9/h2-6H,1H3,(H,13,14). The number of nitrogens with zero attached hydrogens (tertiary/aromatic N) is 2. The molecule has 5 heteroatoms. The quantitative estimate of drug-likeness (QED) is 0.797. The highest BCUT2D eigenvalue weighted by Gasteiger charge is 1.98. The summed E-state index contributed by atoms with van der Waals surface area (Å²) in [6.07, 6.45) is 3.03. The van der Waals surface area contributed by atoms with Crippen molar-refractivity contribution < 1.29 is 4.74 Å². The monoisotopic (exact) mass is 203 g/mol. The molecule has 0 aromatic carbocycles. The van der Waals surface area contributed by atoms with Crippen LogP contribution in [0.25, 0.3) is 0 Å². The Labute approximate surface area is 85.8 Å². The Morgan fingerprint density at radius 2 is 2.13 bits per heavy atom. The molecule has 0 saturated heterocycles. The lowest BCUT2D eigenvalue weighted by Crippen LogP contribution is -2.05. The third-order valence-corrected chi connectivity index (χ3v) is 1.76. The zero-order valence-corrected chi connectivity index (χ0v) is 8.10. The lowest BCUT2D eigenvalue weighted by atomic mass is 10.4.